The summed E-state index contributed by atoms with van der Waals surface area (Å²) in [5.41, 5.74) is -0.287. The molecular formula is C19H21BrF2N6O3S. The summed E-state index contributed by atoms with van der Waals surface area (Å²) >= 11 is 3.95. The van der Waals surface area contributed by atoms with E-state index in [1.54, 1.807) is 4.80 Å². The van der Waals surface area contributed by atoms with Crippen LogP contribution in [-0.4, -0.2) is 58.0 Å². The van der Waals surface area contributed by atoms with Crippen molar-refractivity contribution in [2.45, 2.75) is 19.6 Å². The van der Waals surface area contributed by atoms with Gasteiger partial charge in [-0.2, -0.15) is 14.3 Å². The molecule has 2 heterocycles. The zero-order valence-corrected chi connectivity index (χ0v) is 20.0. The van der Waals surface area contributed by atoms with E-state index in [1.165, 1.54) is 13.3 Å². The summed E-state index contributed by atoms with van der Waals surface area (Å²) in [6.07, 6.45) is 2.39. The van der Waals surface area contributed by atoms with Crippen LogP contribution in [0.1, 0.15) is 22.3 Å². The number of halogens is 3. The number of anilines is 2. The monoisotopic (exact) mass is 530 g/mol. The van der Waals surface area contributed by atoms with Crippen LogP contribution in [0.25, 0.3) is 0 Å². The van der Waals surface area contributed by atoms with Gasteiger partial charge in [-0.3, -0.25) is 0 Å². The molecule has 172 valence electrons. The minimum absolute atomic E-state index is 0.00224. The molecule has 0 spiro atoms. The molecule has 1 N–H and O–H groups in total. The molecule has 0 aliphatic rings. The molecule has 9 nitrogen and oxygen atoms in total. The summed E-state index contributed by atoms with van der Waals surface area (Å²) in [7, 11) is 5.18. The number of nitrogens with zero attached hydrogens (tertiary/aromatic N) is 5. The molecule has 0 atom stereocenters. The van der Waals surface area contributed by atoms with Crippen molar-refractivity contribution in [1.29, 1.82) is 0 Å². The number of esters is 1. The molecule has 0 radical (unpaired) electrons. The quantitative estimate of drug-likeness (QED) is 0.395. The highest BCUT2D eigenvalue weighted by Crippen LogP contribution is 2.34. The maximum absolute atomic E-state index is 14.1. The average Bonchev–Trinajstić information content (AvgIpc) is 3.33. The Labute approximate surface area is 195 Å². The average molecular weight is 531 g/mol. The minimum atomic E-state index is -0.782. The van der Waals surface area contributed by atoms with Gasteiger partial charge in [0.25, 0.3) is 0 Å². The topological polar surface area (TPSA) is 94.4 Å². The lowest BCUT2D eigenvalue weighted by molar-refractivity contribution is 0.0596. The van der Waals surface area contributed by atoms with Crippen LogP contribution in [0.5, 0.6) is 5.88 Å². The first-order chi connectivity index (χ1) is 15.3. The number of carbonyl (C=O) groups is 1. The van der Waals surface area contributed by atoms with Gasteiger partial charge in [0.05, 0.1) is 25.4 Å². The van der Waals surface area contributed by atoms with Crippen LogP contribution < -0.4 is 10.1 Å². The number of aromatic nitrogens is 4. The van der Waals surface area contributed by atoms with E-state index in [-0.39, 0.29) is 21.5 Å². The molecule has 0 saturated heterocycles. The van der Waals surface area contributed by atoms with E-state index in [2.05, 4.69) is 40.7 Å². The maximum atomic E-state index is 14.1. The molecule has 0 unspecified atom stereocenters. The van der Waals surface area contributed by atoms with Gasteiger partial charge in [0, 0.05) is 4.47 Å². The fourth-order valence-corrected chi connectivity index (χ4v) is 3.83. The second-order valence-corrected chi connectivity index (χ2v) is 8.62. The first-order valence-electron chi connectivity index (χ1n) is 9.44. The molecule has 0 saturated carbocycles. The zero-order chi connectivity index (χ0) is 23.3. The van der Waals surface area contributed by atoms with Crippen LogP contribution in [0.3, 0.4) is 0 Å². The Hall–Kier alpha value is -2.64. The molecule has 2 aromatic heterocycles. The number of rotatable bonds is 10. The van der Waals surface area contributed by atoms with E-state index in [1.807, 2.05) is 14.1 Å². The second kappa shape index (κ2) is 10.8. The smallest absolute Gasteiger partial charge is 0.346 e. The first kappa shape index (κ1) is 24.0. The Morgan fingerprint density at radius 2 is 2.03 bits per heavy atom. The molecule has 0 aliphatic heterocycles. The molecule has 13 heteroatoms. The SMILES string of the molecule is COC(=O)c1c(OCc2c(F)cc(Br)cc2F)nsc1Nc1cnn(CCCN(C)C)n1. The largest absolute Gasteiger partial charge is 0.471 e. The van der Waals surface area contributed by atoms with Crippen LogP contribution in [-0.2, 0) is 17.9 Å². The van der Waals surface area contributed by atoms with Crippen molar-refractivity contribution < 1.29 is 23.0 Å². The number of aryl methyl sites for hydroxylation is 1. The molecule has 32 heavy (non-hydrogen) atoms. The third-order valence-electron chi connectivity index (χ3n) is 4.25. The normalized spacial score (nSPS) is 11.1. The fourth-order valence-electron chi connectivity index (χ4n) is 2.70. The van der Waals surface area contributed by atoms with Crippen LogP contribution in [0, 0.1) is 11.6 Å². The van der Waals surface area contributed by atoms with E-state index in [0.717, 1.165) is 36.6 Å². The number of ether oxygens (including phenoxy) is 2. The predicted molar refractivity (Wildman–Crippen MR) is 118 cm³/mol. The zero-order valence-electron chi connectivity index (χ0n) is 17.6. The van der Waals surface area contributed by atoms with Gasteiger partial charge in [0.15, 0.2) is 11.4 Å². The Kier molecular flexibility index (Phi) is 8.10. The Morgan fingerprint density at radius 1 is 1.31 bits per heavy atom. The number of nitrogens with one attached hydrogen (secondary N) is 1. The predicted octanol–water partition coefficient (Wildman–Crippen LogP) is 3.84. The molecular weight excluding hydrogens is 510 g/mol. The van der Waals surface area contributed by atoms with Crippen molar-refractivity contribution in [3.63, 3.8) is 0 Å². The lowest BCUT2D eigenvalue weighted by Crippen LogP contribution is -2.15. The third kappa shape index (κ3) is 5.99. The highest BCUT2D eigenvalue weighted by molar-refractivity contribution is 9.10. The first-order valence-corrected chi connectivity index (χ1v) is 11.0. The van der Waals surface area contributed by atoms with Gasteiger partial charge in [-0.25, -0.2) is 13.6 Å². The van der Waals surface area contributed by atoms with Gasteiger partial charge in [-0.05, 0) is 50.7 Å². The fraction of sp³-hybridized carbons (Fsp3) is 0.368. The Balaban J connectivity index is 1.75. The highest BCUT2D eigenvalue weighted by Gasteiger charge is 2.25. The molecule has 3 aromatic rings. The van der Waals surface area contributed by atoms with Crippen LogP contribution in [0.2, 0.25) is 0 Å². The lowest BCUT2D eigenvalue weighted by Gasteiger charge is -2.09. The van der Waals surface area contributed by atoms with Crippen LogP contribution >= 0.6 is 27.5 Å². The van der Waals surface area contributed by atoms with E-state index < -0.39 is 24.2 Å². The summed E-state index contributed by atoms with van der Waals surface area (Å²) in [4.78, 5) is 15.9. The van der Waals surface area contributed by atoms with Crippen molar-refractivity contribution in [2.75, 3.05) is 33.1 Å². The molecule has 0 bridgehead atoms. The van der Waals surface area contributed by atoms with E-state index in [4.69, 9.17) is 9.47 Å². The molecule has 0 fully saturated rings. The second-order valence-electron chi connectivity index (χ2n) is 6.93. The molecule has 0 amide bonds. The van der Waals surface area contributed by atoms with Gasteiger partial charge < -0.3 is 19.7 Å². The van der Waals surface area contributed by atoms with Gasteiger partial charge >= 0.3 is 5.97 Å². The minimum Gasteiger partial charge on any atom is -0.471 e. The maximum Gasteiger partial charge on any atom is 0.346 e. The van der Waals surface area contributed by atoms with Gasteiger partial charge in [-0.15, -0.1) is 5.10 Å². The highest BCUT2D eigenvalue weighted by atomic mass is 79.9. The van der Waals surface area contributed by atoms with Crippen molar-refractivity contribution in [1.82, 2.24) is 24.3 Å². The van der Waals surface area contributed by atoms with Crippen molar-refractivity contribution in [3.05, 3.63) is 45.6 Å². The third-order valence-corrected chi connectivity index (χ3v) is 5.45. The van der Waals surface area contributed by atoms with E-state index in [9.17, 15) is 13.6 Å². The summed E-state index contributed by atoms with van der Waals surface area (Å²) in [5, 5.41) is 11.8. The van der Waals surface area contributed by atoms with Crippen LogP contribution in [0.4, 0.5) is 19.6 Å². The summed E-state index contributed by atoms with van der Waals surface area (Å²) < 4.78 is 42.8. The van der Waals surface area contributed by atoms with Crippen molar-refractivity contribution >= 4 is 44.3 Å². The van der Waals surface area contributed by atoms with Crippen molar-refractivity contribution in [3.8, 4) is 5.88 Å². The van der Waals surface area contributed by atoms with Crippen LogP contribution in [0.15, 0.2) is 22.8 Å². The Bertz CT molecular complexity index is 1070. The standard InChI is InChI=1S/C19H21BrF2N6O3S/c1-27(2)5-4-6-28-23-9-15(25-28)24-18-16(19(29)30-3)17(26-32-18)31-10-12-13(21)7-11(20)8-14(12)22/h7-9H,4-6,10H2,1-3H3,(H,24,25). The number of carbonyl (C=O) groups excluding carboxylic acids is 1. The molecule has 3 rings (SSSR count). The van der Waals surface area contributed by atoms with Gasteiger partial charge in [0.2, 0.25) is 5.88 Å². The lowest BCUT2D eigenvalue weighted by atomic mass is 10.2. The van der Waals surface area contributed by atoms with E-state index >= 15 is 0 Å². The number of methoxy groups -OCH3 is 1. The number of benzene rings is 1. The van der Waals surface area contributed by atoms with Gasteiger partial charge in [-0.1, -0.05) is 15.9 Å². The van der Waals surface area contributed by atoms with Crippen molar-refractivity contribution in [2.24, 2.45) is 0 Å². The number of hydrogen-bond donors (Lipinski definition) is 1. The summed E-state index contributed by atoms with van der Waals surface area (Å²) in [6, 6.07) is 2.25. The number of hydrogen-bond acceptors (Lipinski definition) is 9. The summed E-state index contributed by atoms with van der Waals surface area (Å²) in [5.74, 6) is -1.98. The molecule has 1 aromatic carbocycles. The Morgan fingerprint density at radius 3 is 2.69 bits per heavy atom. The summed E-state index contributed by atoms with van der Waals surface area (Å²) in [6.45, 7) is 1.07. The molecule has 0 aliphatic carbocycles. The van der Waals surface area contributed by atoms with E-state index in [0.29, 0.717) is 17.4 Å². The van der Waals surface area contributed by atoms with Gasteiger partial charge in [0.1, 0.15) is 23.2 Å².